The van der Waals surface area contributed by atoms with Crippen LogP contribution in [-0.4, -0.2) is 10.9 Å². The van der Waals surface area contributed by atoms with Crippen molar-refractivity contribution in [3.05, 3.63) is 24.0 Å². The van der Waals surface area contributed by atoms with Gasteiger partial charge in [0.05, 0.1) is 6.42 Å². The number of rotatable bonds is 0. The Labute approximate surface area is 58.1 Å². The van der Waals surface area contributed by atoms with E-state index in [1.807, 2.05) is 0 Å². The van der Waals surface area contributed by atoms with Crippen molar-refractivity contribution in [2.24, 2.45) is 0 Å². The van der Waals surface area contributed by atoms with Crippen LogP contribution in [0.1, 0.15) is 5.56 Å². The van der Waals surface area contributed by atoms with E-state index in [0.717, 1.165) is 11.3 Å². The van der Waals surface area contributed by atoms with Crippen LogP contribution in [0.5, 0.6) is 0 Å². The number of hydrogen-bond acceptors (Lipinski definition) is 2. The Morgan fingerprint density at radius 1 is 1.60 bits per heavy atom. The second-order valence-corrected chi connectivity index (χ2v) is 2.26. The van der Waals surface area contributed by atoms with Gasteiger partial charge in [0, 0.05) is 23.6 Å². The van der Waals surface area contributed by atoms with Crippen molar-refractivity contribution in [2.75, 3.05) is 5.32 Å². The number of amides is 1. The standard InChI is InChI=1S/C7H6N2O/c10-7-3-5-4-8-2-1-6(5)9-7/h1-2,4H,3H2,(H,9,10). The number of pyridine rings is 1. The molecule has 2 rings (SSSR count). The van der Waals surface area contributed by atoms with Gasteiger partial charge in [-0.2, -0.15) is 0 Å². The van der Waals surface area contributed by atoms with Crippen molar-refractivity contribution < 1.29 is 4.79 Å². The van der Waals surface area contributed by atoms with Gasteiger partial charge < -0.3 is 5.32 Å². The quantitative estimate of drug-likeness (QED) is 0.563. The van der Waals surface area contributed by atoms with Gasteiger partial charge in [-0.3, -0.25) is 9.78 Å². The lowest BCUT2D eigenvalue weighted by atomic mass is 10.2. The first kappa shape index (κ1) is 5.41. The molecule has 0 radical (unpaired) electrons. The van der Waals surface area contributed by atoms with Crippen LogP contribution in [0.2, 0.25) is 0 Å². The van der Waals surface area contributed by atoms with Gasteiger partial charge >= 0.3 is 0 Å². The first-order valence-electron chi connectivity index (χ1n) is 3.09. The van der Waals surface area contributed by atoms with Gasteiger partial charge in [-0.25, -0.2) is 0 Å². The molecular weight excluding hydrogens is 128 g/mol. The molecule has 3 heteroatoms. The Morgan fingerprint density at radius 3 is 3.30 bits per heavy atom. The minimum absolute atomic E-state index is 0.0583. The van der Waals surface area contributed by atoms with Gasteiger partial charge in [0.15, 0.2) is 0 Å². The maximum atomic E-state index is 10.8. The summed E-state index contributed by atoms with van der Waals surface area (Å²) >= 11 is 0. The Balaban J connectivity index is 2.51. The summed E-state index contributed by atoms with van der Waals surface area (Å²) in [6.07, 6.45) is 3.86. The molecule has 0 spiro atoms. The zero-order valence-corrected chi connectivity index (χ0v) is 5.29. The Hall–Kier alpha value is -1.38. The Bertz CT molecular complexity index is 256. The second kappa shape index (κ2) is 1.80. The number of nitrogens with one attached hydrogen (secondary N) is 1. The zero-order valence-electron chi connectivity index (χ0n) is 5.29. The Morgan fingerprint density at radius 2 is 2.50 bits per heavy atom. The van der Waals surface area contributed by atoms with Crippen LogP contribution < -0.4 is 5.32 Å². The lowest BCUT2D eigenvalue weighted by Gasteiger charge is -1.92. The van der Waals surface area contributed by atoms with Crippen LogP contribution in [0.15, 0.2) is 18.5 Å². The van der Waals surface area contributed by atoms with Crippen molar-refractivity contribution >= 4 is 11.6 Å². The highest BCUT2D eigenvalue weighted by atomic mass is 16.1. The third-order valence-electron chi connectivity index (χ3n) is 1.53. The van der Waals surface area contributed by atoms with Crippen molar-refractivity contribution in [1.82, 2.24) is 4.98 Å². The van der Waals surface area contributed by atoms with E-state index in [4.69, 9.17) is 0 Å². The largest absolute Gasteiger partial charge is 0.325 e. The number of carbonyl (C=O) groups is 1. The SMILES string of the molecule is O=C1Cc2cnccc2N1. The molecule has 0 aromatic carbocycles. The lowest BCUT2D eigenvalue weighted by Crippen LogP contribution is -2.03. The van der Waals surface area contributed by atoms with Crippen LogP contribution in [-0.2, 0) is 11.2 Å². The summed E-state index contributed by atoms with van der Waals surface area (Å²) in [6.45, 7) is 0. The van der Waals surface area contributed by atoms with Gasteiger partial charge in [-0.1, -0.05) is 0 Å². The smallest absolute Gasteiger partial charge is 0.228 e. The molecule has 1 N–H and O–H groups in total. The molecule has 0 saturated heterocycles. The third-order valence-corrected chi connectivity index (χ3v) is 1.53. The average molecular weight is 134 g/mol. The number of fused-ring (bicyclic) bond motifs is 1. The van der Waals surface area contributed by atoms with Gasteiger partial charge in [0.25, 0.3) is 0 Å². The van der Waals surface area contributed by atoms with Crippen molar-refractivity contribution in [1.29, 1.82) is 0 Å². The summed E-state index contributed by atoms with van der Waals surface area (Å²) in [5.74, 6) is 0.0583. The summed E-state index contributed by atoms with van der Waals surface area (Å²) in [6, 6.07) is 1.81. The van der Waals surface area contributed by atoms with Crippen molar-refractivity contribution in [3.8, 4) is 0 Å². The molecule has 3 nitrogen and oxygen atoms in total. The van der Waals surface area contributed by atoms with Gasteiger partial charge in [0.2, 0.25) is 5.91 Å². The fourth-order valence-electron chi connectivity index (χ4n) is 1.06. The average Bonchev–Trinajstić information content (AvgIpc) is 2.27. The number of anilines is 1. The second-order valence-electron chi connectivity index (χ2n) is 2.26. The molecule has 0 saturated carbocycles. The molecule has 2 heterocycles. The zero-order chi connectivity index (χ0) is 6.97. The van der Waals surface area contributed by atoms with Gasteiger partial charge in [-0.05, 0) is 6.07 Å². The summed E-state index contributed by atoms with van der Waals surface area (Å²) in [4.78, 5) is 14.7. The molecule has 50 valence electrons. The minimum atomic E-state index is 0.0583. The number of hydrogen-bond donors (Lipinski definition) is 1. The Kier molecular flexibility index (Phi) is 0.974. The topological polar surface area (TPSA) is 42.0 Å². The predicted octanol–water partition coefficient (Wildman–Crippen LogP) is 0.576. The molecule has 1 aromatic heterocycles. The molecule has 0 bridgehead atoms. The van der Waals surface area contributed by atoms with Crippen LogP contribution in [0.25, 0.3) is 0 Å². The monoisotopic (exact) mass is 134 g/mol. The lowest BCUT2D eigenvalue weighted by molar-refractivity contribution is -0.115. The summed E-state index contributed by atoms with van der Waals surface area (Å²) < 4.78 is 0. The highest BCUT2D eigenvalue weighted by Crippen LogP contribution is 2.19. The summed E-state index contributed by atoms with van der Waals surface area (Å²) in [7, 11) is 0. The van der Waals surface area contributed by atoms with Crippen LogP contribution in [0.3, 0.4) is 0 Å². The van der Waals surface area contributed by atoms with Crippen molar-refractivity contribution in [3.63, 3.8) is 0 Å². The van der Waals surface area contributed by atoms with Gasteiger partial charge in [-0.15, -0.1) is 0 Å². The number of nitrogens with zero attached hydrogens (tertiary/aromatic N) is 1. The highest BCUT2D eigenvalue weighted by molar-refractivity contribution is 5.98. The van der Waals surface area contributed by atoms with E-state index in [9.17, 15) is 4.79 Å². The van der Waals surface area contributed by atoms with E-state index in [2.05, 4.69) is 10.3 Å². The van der Waals surface area contributed by atoms with Crippen LogP contribution >= 0.6 is 0 Å². The highest BCUT2D eigenvalue weighted by Gasteiger charge is 2.15. The van der Waals surface area contributed by atoms with Crippen LogP contribution in [0.4, 0.5) is 5.69 Å². The fraction of sp³-hybridized carbons (Fsp3) is 0.143. The van der Waals surface area contributed by atoms with E-state index >= 15 is 0 Å². The van der Waals surface area contributed by atoms with Crippen LogP contribution in [0, 0.1) is 0 Å². The molecule has 1 aliphatic rings. The number of carbonyl (C=O) groups excluding carboxylic acids is 1. The fourth-order valence-corrected chi connectivity index (χ4v) is 1.06. The van der Waals surface area contributed by atoms with E-state index < -0.39 is 0 Å². The first-order chi connectivity index (χ1) is 4.86. The minimum Gasteiger partial charge on any atom is -0.325 e. The molecule has 1 aliphatic heterocycles. The maximum absolute atomic E-state index is 10.8. The predicted molar refractivity (Wildman–Crippen MR) is 36.6 cm³/mol. The van der Waals surface area contributed by atoms with E-state index in [1.54, 1.807) is 18.5 Å². The molecule has 0 aliphatic carbocycles. The van der Waals surface area contributed by atoms with Gasteiger partial charge in [0.1, 0.15) is 0 Å². The third kappa shape index (κ3) is 0.673. The number of aromatic nitrogens is 1. The molecular formula is C7H6N2O. The molecule has 1 amide bonds. The molecule has 0 fully saturated rings. The molecule has 0 unspecified atom stereocenters. The molecule has 0 atom stereocenters. The van der Waals surface area contributed by atoms with E-state index in [1.165, 1.54) is 0 Å². The maximum Gasteiger partial charge on any atom is 0.228 e. The normalized spacial score (nSPS) is 14.6. The molecule has 10 heavy (non-hydrogen) atoms. The van der Waals surface area contributed by atoms with Crippen molar-refractivity contribution in [2.45, 2.75) is 6.42 Å². The molecule has 1 aromatic rings. The van der Waals surface area contributed by atoms with E-state index in [0.29, 0.717) is 6.42 Å². The van der Waals surface area contributed by atoms with E-state index in [-0.39, 0.29) is 5.91 Å². The summed E-state index contributed by atoms with van der Waals surface area (Å²) in [5.41, 5.74) is 1.90. The summed E-state index contributed by atoms with van der Waals surface area (Å²) in [5, 5.41) is 2.72. The first-order valence-corrected chi connectivity index (χ1v) is 3.09.